The lowest BCUT2D eigenvalue weighted by Gasteiger charge is -2.13. The van der Waals surface area contributed by atoms with Gasteiger partial charge in [-0.15, -0.1) is 16.6 Å². The number of carbonyl (C=O) groups excluding carboxylic acids is 1. The van der Waals surface area contributed by atoms with Crippen LogP contribution in [0.1, 0.15) is 5.56 Å². The fraction of sp³-hybridized carbons (Fsp3) is 0.150. The number of hydrogen-bond donors (Lipinski definition) is 1. The molecule has 3 rings (SSSR count). The van der Waals surface area contributed by atoms with Crippen molar-refractivity contribution in [2.45, 2.75) is 11.3 Å². The zero-order valence-corrected chi connectivity index (χ0v) is 17.7. The molecular weight excluding hydrogens is 481 g/mol. The first kappa shape index (κ1) is 21.9. The van der Waals surface area contributed by atoms with Crippen molar-refractivity contribution in [1.29, 1.82) is 0 Å². The van der Waals surface area contributed by atoms with Gasteiger partial charge < -0.3 is 5.32 Å². The van der Waals surface area contributed by atoms with Gasteiger partial charge in [-0.1, -0.05) is 57.9 Å². The maximum Gasteiger partial charge on any atom is 0.416 e. The zero-order chi connectivity index (χ0) is 21.7. The fourth-order valence-electron chi connectivity index (χ4n) is 2.57. The highest BCUT2D eigenvalue weighted by atomic mass is 79.9. The summed E-state index contributed by atoms with van der Waals surface area (Å²) < 4.78 is 41.9. The van der Waals surface area contributed by atoms with E-state index >= 15 is 0 Å². The van der Waals surface area contributed by atoms with E-state index in [1.807, 2.05) is 6.07 Å². The summed E-state index contributed by atoms with van der Waals surface area (Å²) in [5.41, 5.74) is 0.0765. The number of hydrogen-bond acceptors (Lipinski definition) is 4. The van der Waals surface area contributed by atoms with Crippen molar-refractivity contribution < 1.29 is 18.0 Å². The van der Waals surface area contributed by atoms with Crippen LogP contribution in [0.2, 0.25) is 0 Å². The third kappa shape index (κ3) is 5.04. The summed E-state index contributed by atoms with van der Waals surface area (Å²) in [6.45, 7) is 0.0852. The molecule has 30 heavy (non-hydrogen) atoms. The van der Waals surface area contributed by atoms with Crippen molar-refractivity contribution in [2.75, 3.05) is 12.3 Å². The predicted molar refractivity (Wildman–Crippen MR) is 112 cm³/mol. The molecule has 1 amide bonds. The molecule has 0 radical (unpaired) electrons. The molecule has 1 N–H and O–H groups in total. The van der Waals surface area contributed by atoms with Crippen molar-refractivity contribution in [1.82, 2.24) is 20.1 Å². The monoisotopic (exact) mass is 494 g/mol. The summed E-state index contributed by atoms with van der Waals surface area (Å²) in [6, 6.07) is 12.0. The number of aromatic nitrogens is 3. The van der Waals surface area contributed by atoms with E-state index < -0.39 is 11.7 Å². The van der Waals surface area contributed by atoms with E-state index in [1.54, 1.807) is 18.2 Å². The number of amides is 1. The second-order valence-corrected chi connectivity index (χ2v) is 7.74. The van der Waals surface area contributed by atoms with Crippen LogP contribution in [-0.2, 0) is 11.0 Å². The molecule has 0 saturated heterocycles. The Morgan fingerprint density at radius 2 is 1.97 bits per heavy atom. The molecular formula is C20H14BrF3N4OS. The number of carbonyl (C=O) groups is 1. The Balaban J connectivity index is 2.06. The van der Waals surface area contributed by atoms with Crippen molar-refractivity contribution in [3.05, 3.63) is 58.6 Å². The lowest BCUT2D eigenvalue weighted by molar-refractivity contribution is -0.137. The Bertz CT molecular complexity index is 1110. The van der Waals surface area contributed by atoms with Gasteiger partial charge in [-0.3, -0.25) is 9.36 Å². The standard InChI is InChI=1S/C20H14BrF3N4OS/c1-2-10-25-17(29)12-30-19-27-26-18(15-8-3-4-9-16(15)21)28(19)14-7-5-6-13(11-14)20(22,23)24/h1,3-9,11H,10,12H2,(H,25,29). The Kier molecular flexibility index (Phi) is 6.84. The van der Waals surface area contributed by atoms with E-state index in [-0.39, 0.29) is 29.0 Å². The number of nitrogens with one attached hydrogen (secondary N) is 1. The second kappa shape index (κ2) is 9.36. The van der Waals surface area contributed by atoms with Gasteiger partial charge in [0, 0.05) is 10.0 Å². The SMILES string of the molecule is C#CCNC(=O)CSc1nnc(-c2ccccc2Br)n1-c1cccc(C(F)(F)F)c1. The van der Waals surface area contributed by atoms with Crippen LogP contribution in [0.15, 0.2) is 58.2 Å². The third-order valence-electron chi connectivity index (χ3n) is 3.90. The molecule has 0 atom stereocenters. The summed E-state index contributed by atoms with van der Waals surface area (Å²) >= 11 is 4.48. The molecule has 0 unspecified atom stereocenters. The van der Waals surface area contributed by atoms with E-state index in [1.165, 1.54) is 16.7 Å². The summed E-state index contributed by atoms with van der Waals surface area (Å²) in [5.74, 6) is 2.30. The maximum atomic E-state index is 13.2. The first-order valence-corrected chi connectivity index (χ1v) is 10.3. The third-order valence-corrected chi connectivity index (χ3v) is 5.52. The molecule has 2 aromatic carbocycles. The smallest absolute Gasteiger partial charge is 0.344 e. The second-order valence-electron chi connectivity index (χ2n) is 5.94. The van der Waals surface area contributed by atoms with Crippen LogP contribution in [0.5, 0.6) is 0 Å². The molecule has 5 nitrogen and oxygen atoms in total. The molecule has 10 heteroatoms. The number of nitrogens with zero attached hydrogens (tertiary/aromatic N) is 3. The van der Waals surface area contributed by atoms with Gasteiger partial charge in [-0.25, -0.2) is 0 Å². The largest absolute Gasteiger partial charge is 0.416 e. The topological polar surface area (TPSA) is 59.8 Å². The summed E-state index contributed by atoms with van der Waals surface area (Å²) in [6.07, 6.45) is 0.621. The zero-order valence-electron chi connectivity index (χ0n) is 15.3. The van der Waals surface area contributed by atoms with Gasteiger partial charge in [0.05, 0.1) is 23.5 Å². The lowest BCUT2D eigenvalue weighted by Crippen LogP contribution is -2.25. The molecule has 0 fully saturated rings. The molecule has 0 aliphatic rings. The maximum absolute atomic E-state index is 13.2. The Morgan fingerprint density at radius 3 is 2.67 bits per heavy atom. The van der Waals surface area contributed by atoms with Crippen LogP contribution < -0.4 is 5.32 Å². The van der Waals surface area contributed by atoms with Crippen molar-refractivity contribution >= 4 is 33.6 Å². The first-order valence-electron chi connectivity index (χ1n) is 8.52. The van der Waals surface area contributed by atoms with E-state index in [4.69, 9.17) is 6.42 Å². The van der Waals surface area contributed by atoms with Crippen LogP contribution in [0, 0.1) is 12.3 Å². The number of terminal acetylenes is 1. The summed E-state index contributed by atoms with van der Waals surface area (Å²) in [4.78, 5) is 11.9. The van der Waals surface area contributed by atoms with Crippen molar-refractivity contribution in [2.24, 2.45) is 0 Å². The molecule has 0 aliphatic heterocycles. The number of benzene rings is 2. The summed E-state index contributed by atoms with van der Waals surface area (Å²) in [5, 5.41) is 11.1. The molecule has 0 aliphatic carbocycles. The number of halogens is 4. The average Bonchev–Trinajstić information content (AvgIpc) is 3.14. The number of rotatable bonds is 6. The predicted octanol–water partition coefficient (Wildman–Crippen LogP) is 4.56. The number of alkyl halides is 3. The van der Waals surface area contributed by atoms with Crippen LogP contribution in [0.25, 0.3) is 17.1 Å². The highest BCUT2D eigenvalue weighted by Gasteiger charge is 2.31. The van der Waals surface area contributed by atoms with Gasteiger partial charge in [0.25, 0.3) is 0 Å². The van der Waals surface area contributed by atoms with Gasteiger partial charge in [-0.2, -0.15) is 13.2 Å². The quantitative estimate of drug-likeness (QED) is 0.403. The minimum absolute atomic E-state index is 0.0191. The molecule has 0 bridgehead atoms. The van der Waals surface area contributed by atoms with E-state index in [0.29, 0.717) is 15.9 Å². The highest BCUT2D eigenvalue weighted by Crippen LogP contribution is 2.35. The Labute approximate surface area is 183 Å². The molecule has 1 aromatic heterocycles. The Hall–Kier alpha value is -2.77. The average molecular weight is 495 g/mol. The van der Waals surface area contributed by atoms with Gasteiger partial charge in [0.15, 0.2) is 11.0 Å². The fourth-order valence-corrected chi connectivity index (χ4v) is 3.81. The van der Waals surface area contributed by atoms with Crippen LogP contribution in [0.4, 0.5) is 13.2 Å². The molecule has 0 spiro atoms. The molecule has 0 saturated carbocycles. The van der Waals surface area contributed by atoms with Crippen molar-refractivity contribution in [3.63, 3.8) is 0 Å². The van der Waals surface area contributed by atoms with Gasteiger partial charge in [0.2, 0.25) is 5.91 Å². The normalized spacial score (nSPS) is 11.2. The van der Waals surface area contributed by atoms with Gasteiger partial charge in [0.1, 0.15) is 0 Å². The number of thioether (sulfide) groups is 1. The minimum atomic E-state index is -4.50. The van der Waals surface area contributed by atoms with Crippen LogP contribution in [-0.4, -0.2) is 33.0 Å². The van der Waals surface area contributed by atoms with E-state index in [9.17, 15) is 18.0 Å². The van der Waals surface area contributed by atoms with Crippen LogP contribution >= 0.6 is 27.7 Å². The molecule has 1 heterocycles. The van der Waals surface area contributed by atoms with E-state index in [0.717, 1.165) is 23.9 Å². The van der Waals surface area contributed by atoms with Gasteiger partial charge in [-0.05, 0) is 24.3 Å². The summed E-state index contributed by atoms with van der Waals surface area (Å²) in [7, 11) is 0. The van der Waals surface area contributed by atoms with Gasteiger partial charge >= 0.3 is 6.18 Å². The Morgan fingerprint density at radius 1 is 1.20 bits per heavy atom. The van der Waals surface area contributed by atoms with E-state index in [2.05, 4.69) is 37.4 Å². The molecule has 154 valence electrons. The lowest BCUT2D eigenvalue weighted by atomic mass is 10.1. The van der Waals surface area contributed by atoms with Crippen LogP contribution in [0.3, 0.4) is 0 Å². The first-order chi connectivity index (χ1) is 14.3. The molecule has 3 aromatic rings. The minimum Gasteiger partial charge on any atom is -0.344 e. The highest BCUT2D eigenvalue weighted by molar-refractivity contribution is 9.10. The van der Waals surface area contributed by atoms with Crippen molar-refractivity contribution in [3.8, 4) is 29.4 Å².